The third kappa shape index (κ3) is 2.89. The predicted octanol–water partition coefficient (Wildman–Crippen LogP) is 2.10. The Morgan fingerprint density at radius 1 is 1.44 bits per heavy atom. The second kappa shape index (κ2) is 4.88. The first-order chi connectivity index (χ1) is 7.41. The molecule has 0 aromatic heterocycles. The molecule has 1 rings (SSSR count). The Kier molecular flexibility index (Phi) is 3.77. The van der Waals surface area contributed by atoms with Crippen LogP contribution in [0.25, 0.3) is 0 Å². The second-order valence-corrected chi connectivity index (χ2v) is 4.28. The molecule has 1 aromatic rings. The zero-order valence-electron chi connectivity index (χ0n) is 9.82. The largest absolute Gasteiger partial charge is 0.480 e. The number of carboxylic acids is 1. The molecule has 0 radical (unpaired) electrons. The van der Waals surface area contributed by atoms with Crippen LogP contribution in [0.3, 0.4) is 0 Å². The fourth-order valence-electron chi connectivity index (χ4n) is 1.46. The maximum absolute atomic E-state index is 11.0. The van der Waals surface area contributed by atoms with Gasteiger partial charge in [0.15, 0.2) is 0 Å². The number of benzene rings is 1. The van der Waals surface area contributed by atoms with Gasteiger partial charge in [-0.2, -0.15) is 0 Å². The van der Waals surface area contributed by atoms with Crippen molar-refractivity contribution in [2.24, 2.45) is 5.92 Å². The van der Waals surface area contributed by atoms with E-state index in [1.165, 1.54) is 0 Å². The van der Waals surface area contributed by atoms with Crippen LogP contribution in [0.5, 0.6) is 0 Å². The lowest BCUT2D eigenvalue weighted by Gasteiger charge is -2.19. The van der Waals surface area contributed by atoms with E-state index in [4.69, 9.17) is 10.8 Å². The first-order valence-corrected chi connectivity index (χ1v) is 5.27. The van der Waals surface area contributed by atoms with E-state index in [0.717, 1.165) is 11.3 Å². The summed E-state index contributed by atoms with van der Waals surface area (Å²) in [6, 6.07) is 4.84. The summed E-state index contributed by atoms with van der Waals surface area (Å²) in [5.41, 5.74) is 8.13. The van der Waals surface area contributed by atoms with E-state index in [2.05, 4.69) is 5.32 Å². The van der Waals surface area contributed by atoms with E-state index in [9.17, 15) is 4.79 Å². The van der Waals surface area contributed by atoms with Crippen molar-refractivity contribution in [2.75, 3.05) is 11.1 Å². The molecule has 0 amide bonds. The molecule has 1 atom stereocenters. The number of anilines is 2. The van der Waals surface area contributed by atoms with Crippen LogP contribution in [0.15, 0.2) is 18.2 Å². The Morgan fingerprint density at radius 2 is 2.06 bits per heavy atom. The Balaban J connectivity index is 2.86. The smallest absolute Gasteiger partial charge is 0.326 e. The van der Waals surface area contributed by atoms with Crippen LogP contribution in [0.2, 0.25) is 0 Å². The molecule has 4 nitrogen and oxygen atoms in total. The minimum absolute atomic E-state index is 0.0235. The maximum Gasteiger partial charge on any atom is 0.326 e. The van der Waals surface area contributed by atoms with Gasteiger partial charge in [-0.25, -0.2) is 4.79 Å². The average Bonchev–Trinajstić information content (AvgIpc) is 2.18. The third-order valence-corrected chi connectivity index (χ3v) is 2.52. The normalized spacial score (nSPS) is 12.5. The molecular weight excluding hydrogens is 204 g/mol. The van der Waals surface area contributed by atoms with Gasteiger partial charge >= 0.3 is 5.97 Å². The van der Waals surface area contributed by atoms with Gasteiger partial charge in [0, 0.05) is 11.4 Å². The number of carbonyl (C=O) groups is 1. The molecule has 0 fully saturated rings. The molecule has 0 aliphatic rings. The summed E-state index contributed by atoms with van der Waals surface area (Å²) in [5, 5.41) is 12.0. The Labute approximate surface area is 95.5 Å². The number of carboxylic acid groups (broad SMARTS) is 1. The van der Waals surface area contributed by atoms with Gasteiger partial charge in [0.05, 0.1) is 0 Å². The zero-order valence-corrected chi connectivity index (χ0v) is 9.82. The molecule has 0 bridgehead atoms. The molecule has 0 spiro atoms. The van der Waals surface area contributed by atoms with Crippen molar-refractivity contribution in [3.8, 4) is 0 Å². The molecule has 88 valence electrons. The SMILES string of the molecule is Cc1cc(N[C@H](C(=O)O)C(C)C)ccc1N. The van der Waals surface area contributed by atoms with Crippen LogP contribution in [0.4, 0.5) is 11.4 Å². The minimum Gasteiger partial charge on any atom is -0.480 e. The predicted molar refractivity (Wildman–Crippen MR) is 65.5 cm³/mol. The first kappa shape index (κ1) is 12.4. The van der Waals surface area contributed by atoms with Crippen molar-refractivity contribution in [1.29, 1.82) is 0 Å². The molecule has 0 unspecified atom stereocenters. The Bertz CT molecular complexity index is 389. The van der Waals surface area contributed by atoms with Gasteiger partial charge in [-0.15, -0.1) is 0 Å². The summed E-state index contributed by atoms with van der Waals surface area (Å²) in [6.07, 6.45) is 0. The number of nitrogens with one attached hydrogen (secondary N) is 1. The fraction of sp³-hybridized carbons (Fsp3) is 0.417. The van der Waals surface area contributed by atoms with Gasteiger partial charge in [0.25, 0.3) is 0 Å². The van der Waals surface area contributed by atoms with E-state index in [0.29, 0.717) is 5.69 Å². The van der Waals surface area contributed by atoms with Gasteiger partial charge in [0.2, 0.25) is 0 Å². The van der Waals surface area contributed by atoms with Gasteiger partial charge in [0.1, 0.15) is 6.04 Å². The maximum atomic E-state index is 11.0. The molecular formula is C12H18N2O2. The average molecular weight is 222 g/mol. The number of nitrogen functional groups attached to an aromatic ring is 1. The van der Waals surface area contributed by atoms with Crippen LogP contribution in [0.1, 0.15) is 19.4 Å². The molecule has 0 saturated heterocycles. The van der Waals surface area contributed by atoms with E-state index in [-0.39, 0.29) is 5.92 Å². The highest BCUT2D eigenvalue weighted by atomic mass is 16.4. The van der Waals surface area contributed by atoms with E-state index < -0.39 is 12.0 Å². The lowest BCUT2D eigenvalue weighted by Crippen LogP contribution is -2.34. The van der Waals surface area contributed by atoms with Crippen molar-refractivity contribution in [2.45, 2.75) is 26.8 Å². The molecule has 0 saturated carbocycles. The van der Waals surface area contributed by atoms with Gasteiger partial charge < -0.3 is 16.2 Å². The van der Waals surface area contributed by atoms with Crippen LogP contribution in [0, 0.1) is 12.8 Å². The summed E-state index contributed by atoms with van der Waals surface area (Å²) in [4.78, 5) is 11.0. The van der Waals surface area contributed by atoms with Gasteiger partial charge in [-0.3, -0.25) is 0 Å². The number of nitrogens with two attached hydrogens (primary N) is 1. The van der Waals surface area contributed by atoms with Crippen molar-refractivity contribution >= 4 is 17.3 Å². The lowest BCUT2D eigenvalue weighted by atomic mass is 10.0. The Hall–Kier alpha value is -1.71. The fourth-order valence-corrected chi connectivity index (χ4v) is 1.46. The third-order valence-electron chi connectivity index (χ3n) is 2.52. The standard InChI is InChI=1S/C12H18N2O2/c1-7(2)11(12(15)16)14-9-4-5-10(13)8(3)6-9/h4-7,11,14H,13H2,1-3H3,(H,15,16)/t11-/m0/s1. The molecule has 4 heteroatoms. The molecule has 0 aliphatic carbocycles. The monoisotopic (exact) mass is 222 g/mol. The van der Waals surface area contributed by atoms with Crippen LogP contribution in [-0.2, 0) is 4.79 Å². The number of hydrogen-bond donors (Lipinski definition) is 3. The number of aryl methyl sites for hydroxylation is 1. The highest BCUT2D eigenvalue weighted by Crippen LogP contribution is 2.19. The molecule has 0 heterocycles. The molecule has 1 aromatic carbocycles. The topological polar surface area (TPSA) is 75.3 Å². The van der Waals surface area contributed by atoms with E-state index >= 15 is 0 Å². The molecule has 0 aliphatic heterocycles. The Morgan fingerprint density at radius 3 is 2.50 bits per heavy atom. The van der Waals surface area contributed by atoms with Gasteiger partial charge in [-0.05, 0) is 36.6 Å². The van der Waals surface area contributed by atoms with Crippen molar-refractivity contribution in [1.82, 2.24) is 0 Å². The number of aliphatic carboxylic acids is 1. The quantitative estimate of drug-likeness (QED) is 0.682. The van der Waals surface area contributed by atoms with E-state index in [1.807, 2.05) is 26.8 Å². The molecule has 16 heavy (non-hydrogen) atoms. The lowest BCUT2D eigenvalue weighted by molar-refractivity contribution is -0.138. The second-order valence-electron chi connectivity index (χ2n) is 4.28. The molecule has 4 N–H and O–H groups in total. The van der Waals surface area contributed by atoms with Crippen molar-refractivity contribution in [3.05, 3.63) is 23.8 Å². The first-order valence-electron chi connectivity index (χ1n) is 5.27. The minimum atomic E-state index is -0.843. The highest BCUT2D eigenvalue weighted by molar-refractivity contribution is 5.78. The summed E-state index contributed by atoms with van der Waals surface area (Å²) < 4.78 is 0. The summed E-state index contributed by atoms with van der Waals surface area (Å²) in [6.45, 7) is 5.64. The highest BCUT2D eigenvalue weighted by Gasteiger charge is 2.20. The zero-order chi connectivity index (χ0) is 12.3. The number of hydrogen-bond acceptors (Lipinski definition) is 3. The van der Waals surface area contributed by atoms with Crippen LogP contribution >= 0.6 is 0 Å². The van der Waals surface area contributed by atoms with Crippen molar-refractivity contribution < 1.29 is 9.90 Å². The van der Waals surface area contributed by atoms with Gasteiger partial charge in [-0.1, -0.05) is 13.8 Å². The van der Waals surface area contributed by atoms with Crippen LogP contribution in [-0.4, -0.2) is 17.1 Å². The summed E-state index contributed by atoms with van der Waals surface area (Å²) >= 11 is 0. The van der Waals surface area contributed by atoms with Crippen LogP contribution < -0.4 is 11.1 Å². The summed E-state index contributed by atoms with van der Waals surface area (Å²) in [7, 11) is 0. The van der Waals surface area contributed by atoms with E-state index in [1.54, 1.807) is 12.1 Å². The number of rotatable bonds is 4. The summed E-state index contributed by atoms with van der Waals surface area (Å²) in [5.74, 6) is -0.820. The van der Waals surface area contributed by atoms with Crippen molar-refractivity contribution in [3.63, 3.8) is 0 Å².